The minimum Gasteiger partial charge on any atom is -0.456 e. The number of fused-ring (bicyclic) bond motifs is 3. The van der Waals surface area contributed by atoms with Crippen molar-refractivity contribution in [1.82, 2.24) is 0 Å². The standard InChI is InChI=1S/C26H18BrNO4/c27-21-12-6-4-10-18(21)23-17(15-29)14-20-24(25(23)28(30)31)19-11-5-7-13-22(19)32-26(20)16-8-2-1-3-9-16/h1-15,23-25H/t23-,24+,25-/m0/s1. The number of rotatable bonds is 4. The van der Waals surface area contributed by atoms with E-state index in [0.29, 0.717) is 22.7 Å². The lowest BCUT2D eigenvalue weighted by atomic mass is 9.68. The van der Waals surface area contributed by atoms with Gasteiger partial charge >= 0.3 is 0 Å². The third-order valence-electron chi connectivity index (χ3n) is 6.08. The molecule has 5 nitrogen and oxygen atoms in total. The van der Waals surface area contributed by atoms with Crippen molar-refractivity contribution in [3.05, 3.63) is 127 Å². The average Bonchev–Trinajstić information content (AvgIpc) is 2.83. The summed E-state index contributed by atoms with van der Waals surface area (Å²) in [4.78, 5) is 24.6. The van der Waals surface area contributed by atoms with Crippen LogP contribution in [0.3, 0.4) is 0 Å². The van der Waals surface area contributed by atoms with E-state index in [0.717, 1.165) is 27.4 Å². The van der Waals surface area contributed by atoms with Crippen LogP contribution in [0.5, 0.6) is 5.75 Å². The molecule has 3 aromatic rings. The molecule has 0 bridgehead atoms. The van der Waals surface area contributed by atoms with Gasteiger partial charge in [0, 0.05) is 31.7 Å². The number of nitro groups is 1. The van der Waals surface area contributed by atoms with E-state index in [-0.39, 0.29) is 4.92 Å². The van der Waals surface area contributed by atoms with Crippen LogP contribution in [0, 0.1) is 10.1 Å². The lowest BCUT2D eigenvalue weighted by Crippen LogP contribution is -2.40. The van der Waals surface area contributed by atoms with Crippen LogP contribution in [-0.2, 0) is 4.79 Å². The molecule has 0 saturated heterocycles. The van der Waals surface area contributed by atoms with Gasteiger partial charge < -0.3 is 4.74 Å². The van der Waals surface area contributed by atoms with E-state index in [1.54, 1.807) is 6.08 Å². The Kier molecular flexibility index (Phi) is 5.23. The molecule has 0 N–H and O–H groups in total. The maximum Gasteiger partial charge on any atom is 0.235 e. The Morgan fingerprint density at radius 2 is 1.53 bits per heavy atom. The zero-order chi connectivity index (χ0) is 22.2. The van der Waals surface area contributed by atoms with Crippen molar-refractivity contribution < 1.29 is 14.5 Å². The maximum atomic E-state index is 12.6. The molecule has 1 aliphatic carbocycles. The van der Waals surface area contributed by atoms with Crippen LogP contribution in [0.15, 0.2) is 101 Å². The molecule has 0 saturated carbocycles. The molecule has 1 heterocycles. The number of carbonyl (C=O) groups excluding carboxylic acids is 1. The molecule has 0 radical (unpaired) electrons. The monoisotopic (exact) mass is 487 g/mol. The van der Waals surface area contributed by atoms with E-state index in [2.05, 4.69) is 15.9 Å². The lowest BCUT2D eigenvalue weighted by molar-refractivity contribution is -0.528. The Labute approximate surface area is 193 Å². The highest BCUT2D eigenvalue weighted by Gasteiger charge is 2.51. The number of allylic oxidation sites excluding steroid dienone is 1. The van der Waals surface area contributed by atoms with Crippen molar-refractivity contribution in [1.29, 1.82) is 0 Å². The first-order valence-electron chi connectivity index (χ1n) is 10.2. The molecule has 158 valence electrons. The van der Waals surface area contributed by atoms with Crippen LogP contribution in [0.1, 0.15) is 28.5 Å². The average molecular weight is 488 g/mol. The van der Waals surface area contributed by atoms with Gasteiger partial charge in [-0.3, -0.25) is 14.9 Å². The third-order valence-corrected chi connectivity index (χ3v) is 6.81. The van der Waals surface area contributed by atoms with Gasteiger partial charge in [0.25, 0.3) is 0 Å². The number of hydrogen-bond acceptors (Lipinski definition) is 4. The second-order valence-electron chi connectivity index (χ2n) is 7.81. The second-order valence-corrected chi connectivity index (χ2v) is 8.66. The number of benzene rings is 3. The van der Waals surface area contributed by atoms with Crippen molar-refractivity contribution >= 4 is 28.0 Å². The van der Waals surface area contributed by atoms with E-state index < -0.39 is 17.9 Å². The second kappa shape index (κ2) is 8.20. The van der Waals surface area contributed by atoms with Crippen LogP contribution in [0.4, 0.5) is 0 Å². The number of halogens is 1. The van der Waals surface area contributed by atoms with Crippen molar-refractivity contribution in [3.8, 4) is 5.75 Å². The molecule has 5 rings (SSSR count). The highest BCUT2D eigenvalue weighted by molar-refractivity contribution is 9.10. The number of hydrogen-bond donors (Lipinski definition) is 0. The summed E-state index contributed by atoms with van der Waals surface area (Å²) in [7, 11) is 0. The molecule has 3 atom stereocenters. The minimum atomic E-state index is -1.07. The summed E-state index contributed by atoms with van der Waals surface area (Å²) < 4.78 is 7.00. The molecular weight excluding hydrogens is 470 g/mol. The maximum absolute atomic E-state index is 12.6. The molecule has 1 aliphatic heterocycles. The fourth-order valence-corrected chi connectivity index (χ4v) is 5.28. The Morgan fingerprint density at radius 3 is 2.22 bits per heavy atom. The number of ether oxygens (including phenoxy) is 1. The first kappa shape index (κ1) is 20.4. The van der Waals surface area contributed by atoms with E-state index in [1.807, 2.05) is 78.9 Å². The predicted molar refractivity (Wildman–Crippen MR) is 125 cm³/mol. The SMILES string of the molecule is O=CC1=CC2=C(c3ccccc3)Oc3ccccc3[C@H]2[C@@H]([N+](=O)[O-])[C@@H]1c1ccccc1Br. The van der Waals surface area contributed by atoms with E-state index in [1.165, 1.54) is 0 Å². The largest absolute Gasteiger partial charge is 0.456 e. The van der Waals surface area contributed by atoms with E-state index in [9.17, 15) is 14.9 Å². The molecule has 0 spiro atoms. The highest BCUT2D eigenvalue weighted by Crippen LogP contribution is 2.53. The number of nitrogens with zero attached hydrogens (tertiary/aromatic N) is 1. The zero-order valence-corrected chi connectivity index (χ0v) is 18.4. The Balaban J connectivity index is 1.83. The summed E-state index contributed by atoms with van der Waals surface area (Å²) in [5, 5.41) is 12.6. The molecule has 2 aliphatic rings. The summed E-state index contributed by atoms with van der Waals surface area (Å²) in [6.45, 7) is 0. The van der Waals surface area contributed by atoms with Gasteiger partial charge in [0.1, 0.15) is 17.8 Å². The summed E-state index contributed by atoms with van der Waals surface area (Å²) >= 11 is 3.53. The van der Waals surface area contributed by atoms with Gasteiger partial charge in [-0.25, -0.2) is 0 Å². The topological polar surface area (TPSA) is 69.4 Å². The van der Waals surface area contributed by atoms with Crippen LogP contribution in [0.25, 0.3) is 5.76 Å². The molecular formula is C26H18BrNO4. The summed E-state index contributed by atoms with van der Waals surface area (Å²) in [5.74, 6) is -0.118. The highest BCUT2D eigenvalue weighted by atomic mass is 79.9. The van der Waals surface area contributed by atoms with Crippen LogP contribution < -0.4 is 4.74 Å². The summed E-state index contributed by atoms with van der Waals surface area (Å²) in [5.41, 5.74) is 3.30. The quantitative estimate of drug-likeness (QED) is 0.260. The molecule has 0 amide bonds. The molecule has 0 aromatic heterocycles. The minimum absolute atomic E-state index is 0.254. The summed E-state index contributed by atoms with van der Waals surface area (Å²) in [6.07, 6.45) is 2.51. The third kappa shape index (κ3) is 3.28. The van der Waals surface area contributed by atoms with Gasteiger partial charge in [0.15, 0.2) is 0 Å². The van der Waals surface area contributed by atoms with Gasteiger partial charge in [-0.2, -0.15) is 0 Å². The van der Waals surface area contributed by atoms with Gasteiger partial charge in [-0.15, -0.1) is 0 Å². The number of aldehydes is 1. The van der Waals surface area contributed by atoms with Gasteiger partial charge in [-0.05, 0) is 23.8 Å². The molecule has 6 heteroatoms. The van der Waals surface area contributed by atoms with Crippen molar-refractivity contribution in [3.63, 3.8) is 0 Å². The van der Waals surface area contributed by atoms with E-state index in [4.69, 9.17) is 4.74 Å². The smallest absolute Gasteiger partial charge is 0.235 e. The molecule has 3 aromatic carbocycles. The Hall–Kier alpha value is -3.51. The molecule has 0 unspecified atom stereocenters. The predicted octanol–water partition coefficient (Wildman–Crippen LogP) is 5.90. The van der Waals surface area contributed by atoms with Crippen LogP contribution in [0.2, 0.25) is 0 Å². The van der Waals surface area contributed by atoms with E-state index >= 15 is 0 Å². The van der Waals surface area contributed by atoms with Crippen LogP contribution in [-0.4, -0.2) is 17.3 Å². The zero-order valence-electron chi connectivity index (χ0n) is 16.9. The van der Waals surface area contributed by atoms with Gasteiger partial charge in [0.05, 0.1) is 11.8 Å². The number of carbonyl (C=O) groups is 1. The van der Waals surface area contributed by atoms with Crippen molar-refractivity contribution in [2.45, 2.75) is 17.9 Å². The summed E-state index contributed by atoms with van der Waals surface area (Å²) in [6, 6.07) is 23.2. The van der Waals surface area contributed by atoms with Gasteiger partial charge in [0.2, 0.25) is 6.04 Å². The van der Waals surface area contributed by atoms with Crippen molar-refractivity contribution in [2.24, 2.45) is 0 Å². The Bertz CT molecular complexity index is 1280. The fraction of sp³-hybridized carbons (Fsp3) is 0.115. The first-order valence-corrected chi connectivity index (χ1v) is 11.0. The lowest BCUT2D eigenvalue weighted by Gasteiger charge is -2.38. The van der Waals surface area contributed by atoms with Gasteiger partial charge in [-0.1, -0.05) is 82.7 Å². The Morgan fingerprint density at radius 1 is 0.875 bits per heavy atom. The number of para-hydroxylation sites is 1. The fourth-order valence-electron chi connectivity index (χ4n) is 4.75. The molecule has 0 fully saturated rings. The van der Waals surface area contributed by atoms with Crippen LogP contribution >= 0.6 is 15.9 Å². The first-order chi connectivity index (χ1) is 15.6. The normalized spacial score (nSPS) is 21.7. The van der Waals surface area contributed by atoms with Crippen molar-refractivity contribution in [2.75, 3.05) is 0 Å². The molecule has 32 heavy (non-hydrogen) atoms.